The molecule has 0 spiro atoms. The van der Waals surface area contributed by atoms with Crippen molar-refractivity contribution in [2.45, 2.75) is 13.5 Å². The highest BCUT2D eigenvalue weighted by molar-refractivity contribution is 6.31. The maximum Gasteiger partial charge on any atom is 0.185 e. The molecular formula is C10H9ClN2O2. The van der Waals surface area contributed by atoms with Crippen molar-refractivity contribution in [1.29, 1.82) is 0 Å². The van der Waals surface area contributed by atoms with Crippen LogP contribution in [0.15, 0.2) is 22.7 Å². The van der Waals surface area contributed by atoms with E-state index in [0.29, 0.717) is 29.4 Å². The second kappa shape index (κ2) is 3.90. The first kappa shape index (κ1) is 9.98. The second-order valence-corrected chi connectivity index (χ2v) is 3.56. The molecule has 0 radical (unpaired) electrons. The normalized spacial score (nSPS) is 10.5. The molecule has 0 aliphatic rings. The molecule has 0 aliphatic carbocycles. The minimum absolute atomic E-state index is 0.320. The van der Waals surface area contributed by atoms with Crippen LogP contribution < -0.4 is 0 Å². The van der Waals surface area contributed by atoms with E-state index in [0.717, 1.165) is 5.69 Å². The third-order valence-corrected chi connectivity index (χ3v) is 2.52. The summed E-state index contributed by atoms with van der Waals surface area (Å²) >= 11 is 5.86. The summed E-state index contributed by atoms with van der Waals surface area (Å²) < 4.78 is 6.95. The zero-order valence-corrected chi connectivity index (χ0v) is 8.86. The molecule has 2 rings (SSSR count). The zero-order valence-electron chi connectivity index (χ0n) is 8.11. The van der Waals surface area contributed by atoms with Gasteiger partial charge in [0.2, 0.25) is 0 Å². The van der Waals surface area contributed by atoms with Gasteiger partial charge < -0.3 is 4.42 Å². The molecule has 0 aromatic carbocycles. The molecule has 2 aromatic rings. The molecule has 0 amide bonds. The van der Waals surface area contributed by atoms with Gasteiger partial charge in [-0.3, -0.25) is 9.48 Å². The van der Waals surface area contributed by atoms with E-state index >= 15 is 0 Å². The Labute approximate surface area is 91.4 Å². The summed E-state index contributed by atoms with van der Waals surface area (Å²) in [6, 6.07) is 3.38. The molecule has 5 heteroatoms. The summed E-state index contributed by atoms with van der Waals surface area (Å²) in [6.07, 6.45) is 2.26. The van der Waals surface area contributed by atoms with Crippen LogP contribution in [-0.4, -0.2) is 16.1 Å². The number of carbonyl (C=O) groups excluding carboxylic acids is 1. The average Bonchev–Trinajstić information content (AvgIpc) is 2.80. The van der Waals surface area contributed by atoms with E-state index in [-0.39, 0.29) is 0 Å². The van der Waals surface area contributed by atoms with Crippen molar-refractivity contribution >= 4 is 17.9 Å². The molecule has 15 heavy (non-hydrogen) atoms. The molecule has 2 aromatic heterocycles. The monoisotopic (exact) mass is 224 g/mol. The van der Waals surface area contributed by atoms with Crippen LogP contribution in [0, 0.1) is 6.92 Å². The Morgan fingerprint density at radius 1 is 1.60 bits per heavy atom. The topological polar surface area (TPSA) is 48.0 Å². The van der Waals surface area contributed by atoms with Crippen LogP contribution in [-0.2, 0) is 6.54 Å². The van der Waals surface area contributed by atoms with Crippen molar-refractivity contribution in [2.24, 2.45) is 0 Å². The first-order chi connectivity index (χ1) is 7.20. The number of carbonyl (C=O) groups is 1. The average molecular weight is 225 g/mol. The van der Waals surface area contributed by atoms with Crippen molar-refractivity contribution < 1.29 is 9.21 Å². The fourth-order valence-electron chi connectivity index (χ4n) is 1.27. The molecule has 0 saturated carbocycles. The van der Waals surface area contributed by atoms with Gasteiger partial charge in [0.05, 0.1) is 23.5 Å². The molecule has 0 N–H and O–H groups in total. The number of furan rings is 1. The van der Waals surface area contributed by atoms with Gasteiger partial charge in [0.25, 0.3) is 0 Å². The lowest BCUT2D eigenvalue weighted by atomic mass is 10.4. The SMILES string of the molecule is Cc1c(Cl)cnn1Cc1ccc(C=O)o1. The van der Waals surface area contributed by atoms with Gasteiger partial charge in [0.1, 0.15) is 5.76 Å². The van der Waals surface area contributed by atoms with Crippen molar-refractivity contribution in [3.63, 3.8) is 0 Å². The van der Waals surface area contributed by atoms with E-state index < -0.39 is 0 Å². The van der Waals surface area contributed by atoms with Gasteiger partial charge in [-0.1, -0.05) is 11.6 Å². The summed E-state index contributed by atoms with van der Waals surface area (Å²) in [5, 5.41) is 4.70. The van der Waals surface area contributed by atoms with Gasteiger partial charge in [-0.05, 0) is 19.1 Å². The summed E-state index contributed by atoms with van der Waals surface area (Å²) in [5.74, 6) is 1.00. The summed E-state index contributed by atoms with van der Waals surface area (Å²) in [5.41, 5.74) is 0.876. The largest absolute Gasteiger partial charge is 0.456 e. The highest BCUT2D eigenvalue weighted by Gasteiger charge is 2.07. The first-order valence-electron chi connectivity index (χ1n) is 4.42. The number of rotatable bonds is 3. The van der Waals surface area contributed by atoms with E-state index in [4.69, 9.17) is 16.0 Å². The van der Waals surface area contributed by atoms with Crippen molar-refractivity contribution in [3.05, 3.63) is 40.6 Å². The Balaban J connectivity index is 2.21. The van der Waals surface area contributed by atoms with Crippen LogP contribution in [0.5, 0.6) is 0 Å². The Bertz CT molecular complexity index is 487. The third kappa shape index (κ3) is 1.94. The van der Waals surface area contributed by atoms with Gasteiger partial charge in [-0.25, -0.2) is 0 Å². The molecule has 0 aliphatic heterocycles. The highest BCUT2D eigenvalue weighted by atomic mass is 35.5. The van der Waals surface area contributed by atoms with E-state index in [1.807, 2.05) is 6.92 Å². The van der Waals surface area contributed by atoms with Crippen LogP contribution in [0.4, 0.5) is 0 Å². The lowest BCUT2D eigenvalue weighted by Gasteiger charge is -2.00. The summed E-state index contributed by atoms with van der Waals surface area (Å²) in [4.78, 5) is 10.4. The van der Waals surface area contributed by atoms with Gasteiger partial charge in [0.15, 0.2) is 12.0 Å². The molecule has 4 nitrogen and oxygen atoms in total. The Hall–Kier alpha value is -1.55. The van der Waals surface area contributed by atoms with Crippen LogP contribution in [0.3, 0.4) is 0 Å². The van der Waals surface area contributed by atoms with Gasteiger partial charge in [-0.15, -0.1) is 0 Å². The maximum atomic E-state index is 10.4. The predicted molar refractivity (Wildman–Crippen MR) is 55.2 cm³/mol. The fraction of sp³-hybridized carbons (Fsp3) is 0.200. The predicted octanol–water partition coefficient (Wildman–Crippen LogP) is 2.30. The highest BCUT2D eigenvalue weighted by Crippen LogP contribution is 2.15. The van der Waals surface area contributed by atoms with Crippen molar-refractivity contribution in [3.8, 4) is 0 Å². The van der Waals surface area contributed by atoms with Gasteiger partial charge in [0, 0.05) is 0 Å². The number of aldehydes is 1. The molecule has 78 valence electrons. The van der Waals surface area contributed by atoms with Crippen molar-refractivity contribution in [1.82, 2.24) is 9.78 Å². The maximum absolute atomic E-state index is 10.4. The first-order valence-corrected chi connectivity index (χ1v) is 4.80. The molecule has 0 atom stereocenters. The number of aromatic nitrogens is 2. The zero-order chi connectivity index (χ0) is 10.8. The third-order valence-electron chi connectivity index (χ3n) is 2.15. The lowest BCUT2D eigenvalue weighted by molar-refractivity contribution is 0.109. The minimum Gasteiger partial charge on any atom is -0.456 e. The lowest BCUT2D eigenvalue weighted by Crippen LogP contribution is -2.02. The molecule has 0 bridgehead atoms. The Morgan fingerprint density at radius 3 is 2.93 bits per heavy atom. The van der Waals surface area contributed by atoms with Gasteiger partial charge >= 0.3 is 0 Å². The summed E-state index contributed by atoms with van der Waals surface area (Å²) in [6.45, 7) is 2.35. The second-order valence-electron chi connectivity index (χ2n) is 3.16. The fourth-order valence-corrected chi connectivity index (χ4v) is 1.41. The minimum atomic E-state index is 0.320. The van der Waals surface area contributed by atoms with Crippen LogP contribution in [0.2, 0.25) is 5.02 Å². The standard InChI is InChI=1S/C10H9ClN2O2/c1-7-10(11)4-12-13(7)5-8-2-3-9(6-14)15-8/h2-4,6H,5H2,1H3. The van der Waals surface area contributed by atoms with Crippen LogP contribution in [0.25, 0.3) is 0 Å². The molecule has 0 unspecified atom stereocenters. The molecule has 0 saturated heterocycles. The number of halogens is 1. The molecule has 2 heterocycles. The smallest absolute Gasteiger partial charge is 0.185 e. The van der Waals surface area contributed by atoms with Crippen molar-refractivity contribution in [2.75, 3.05) is 0 Å². The number of hydrogen-bond donors (Lipinski definition) is 0. The molecular weight excluding hydrogens is 216 g/mol. The van der Waals surface area contributed by atoms with Gasteiger partial charge in [-0.2, -0.15) is 5.10 Å². The van der Waals surface area contributed by atoms with E-state index in [1.165, 1.54) is 0 Å². The quantitative estimate of drug-likeness (QED) is 0.752. The summed E-state index contributed by atoms with van der Waals surface area (Å²) in [7, 11) is 0. The number of hydrogen-bond acceptors (Lipinski definition) is 3. The van der Waals surface area contributed by atoms with E-state index in [2.05, 4.69) is 5.10 Å². The Kier molecular flexibility index (Phi) is 2.60. The van der Waals surface area contributed by atoms with E-state index in [1.54, 1.807) is 23.0 Å². The van der Waals surface area contributed by atoms with Crippen LogP contribution in [0.1, 0.15) is 22.0 Å². The van der Waals surface area contributed by atoms with Crippen LogP contribution >= 0.6 is 11.6 Å². The Morgan fingerprint density at radius 2 is 2.40 bits per heavy atom. The van der Waals surface area contributed by atoms with E-state index in [9.17, 15) is 4.79 Å². The molecule has 0 fully saturated rings. The number of nitrogens with zero attached hydrogens (tertiary/aromatic N) is 2.